The zero-order valence-electron chi connectivity index (χ0n) is 9.03. The van der Waals surface area contributed by atoms with Crippen LogP contribution in [0.3, 0.4) is 0 Å². The first-order valence-electron chi connectivity index (χ1n) is 4.84. The van der Waals surface area contributed by atoms with E-state index >= 15 is 0 Å². The molecule has 0 saturated heterocycles. The van der Waals surface area contributed by atoms with Gasteiger partial charge in [-0.3, -0.25) is 4.79 Å². The molecule has 0 aromatic heterocycles. The second-order valence-electron chi connectivity index (χ2n) is 3.50. The number of phenolic OH excluding ortho intramolecular Hbond substituents is 1. The lowest BCUT2D eigenvalue weighted by atomic mass is 10.1. The predicted molar refractivity (Wildman–Crippen MR) is 62.9 cm³/mol. The van der Waals surface area contributed by atoms with Gasteiger partial charge in [0.25, 0.3) is 0 Å². The summed E-state index contributed by atoms with van der Waals surface area (Å²) in [7, 11) is 0. The van der Waals surface area contributed by atoms with Crippen LogP contribution >= 0.6 is 0 Å². The molecule has 1 unspecified atom stereocenters. The highest BCUT2D eigenvalue weighted by molar-refractivity contribution is 5.95. The van der Waals surface area contributed by atoms with Crippen molar-refractivity contribution in [2.24, 2.45) is 5.73 Å². The summed E-state index contributed by atoms with van der Waals surface area (Å²) in [6.45, 7) is 1.78. The van der Waals surface area contributed by atoms with Gasteiger partial charge in [-0.2, -0.15) is 0 Å². The minimum atomic E-state index is -0.710. The number of hydrogen-bond donors (Lipinski definition) is 3. The fourth-order valence-corrected chi connectivity index (χ4v) is 1.23. The van der Waals surface area contributed by atoms with Crippen LogP contribution in [0.4, 0.5) is 5.69 Å². The van der Waals surface area contributed by atoms with Gasteiger partial charge in [-0.25, -0.2) is 0 Å². The average molecular weight is 218 g/mol. The van der Waals surface area contributed by atoms with Crippen molar-refractivity contribution in [3.05, 3.63) is 23.8 Å². The third kappa shape index (κ3) is 3.01. The van der Waals surface area contributed by atoms with Gasteiger partial charge in [0.05, 0.1) is 6.04 Å². The van der Waals surface area contributed by atoms with E-state index in [2.05, 4.69) is 11.2 Å². The summed E-state index contributed by atoms with van der Waals surface area (Å²) in [5, 5.41) is 11.9. The quantitative estimate of drug-likeness (QED) is 0.523. The van der Waals surface area contributed by atoms with Crippen molar-refractivity contribution in [2.45, 2.75) is 19.4 Å². The number of terminal acetylenes is 1. The molecule has 1 atom stereocenters. The molecule has 1 aromatic rings. The summed E-state index contributed by atoms with van der Waals surface area (Å²) in [6, 6.07) is 3.96. The van der Waals surface area contributed by atoms with Crippen LogP contribution in [-0.4, -0.2) is 17.1 Å². The Morgan fingerprint density at radius 3 is 2.94 bits per heavy atom. The van der Waals surface area contributed by atoms with E-state index in [1.807, 2.05) is 0 Å². The number of carbonyl (C=O) groups excluding carboxylic acids is 1. The lowest BCUT2D eigenvalue weighted by molar-refractivity contribution is -0.117. The van der Waals surface area contributed by atoms with E-state index in [0.29, 0.717) is 5.69 Å². The summed E-state index contributed by atoms with van der Waals surface area (Å²) < 4.78 is 0. The maximum atomic E-state index is 11.5. The first kappa shape index (κ1) is 12.1. The number of nitrogens with two attached hydrogens (primary N) is 1. The highest BCUT2D eigenvalue weighted by Gasteiger charge is 2.12. The van der Waals surface area contributed by atoms with Crippen LogP contribution in [0.1, 0.15) is 12.0 Å². The average Bonchev–Trinajstić information content (AvgIpc) is 2.22. The largest absolute Gasteiger partial charge is 0.508 e. The SMILES string of the molecule is C#CCC(N)C(=O)Nc1ccc(O)cc1C. The summed E-state index contributed by atoms with van der Waals surface area (Å²) in [5.41, 5.74) is 6.94. The van der Waals surface area contributed by atoms with Crippen LogP contribution in [0.15, 0.2) is 18.2 Å². The summed E-state index contributed by atoms with van der Waals surface area (Å²) in [4.78, 5) is 11.5. The first-order chi connectivity index (χ1) is 7.54. The van der Waals surface area contributed by atoms with Crippen molar-refractivity contribution in [3.63, 3.8) is 0 Å². The third-order valence-corrected chi connectivity index (χ3v) is 2.14. The Hall–Kier alpha value is -1.99. The molecular weight excluding hydrogens is 204 g/mol. The standard InChI is InChI=1S/C12H14N2O2/c1-3-4-10(13)12(16)14-11-6-5-9(15)7-8(11)2/h1,5-7,10,15H,4,13H2,2H3,(H,14,16). The van der Waals surface area contributed by atoms with Crippen molar-refractivity contribution in [1.29, 1.82) is 0 Å². The number of phenols is 1. The van der Waals surface area contributed by atoms with Crippen molar-refractivity contribution in [2.75, 3.05) is 5.32 Å². The molecule has 1 aromatic carbocycles. The van der Waals surface area contributed by atoms with E-state index in [0.717, 1.165) is 5.56 Å². The van der Waals surface area contributed by atoms with E-state index in [4.69, 9.17) is 12.2 Å². The van der Waals surface area contributed by atoms with Crippen molar-refractivity contribution < 1.29 is 9.90 Å². The second kappa shape index (κ2) is 5.19. The monoisotopic (exact) mass is 218 g/mol. The first-order valence-corrected chi connectivity index (χ1v) is 4.84. The van der Waals surface area contributed by atoms with Gasteiger partial charge in [0.2, 0.25) is 5.91 Å². The van der Waals surface area contributed by atoms with Crippen LogP contribution in [0.25, 0.3) is 0 Å². The number of aryl methyl sites for hydroxylation is 1. The fraction of sp³-hybridized carbons (Fsp3) is 0.250. The Morgan fingerprint density at radius 1 is 1.69 bits per heavy atom. The molecule has 0 radical (unpaired) electrons. The molecule has 4 N–H and O–H groups in total. The topological polar surface area (TPSA) is 75.4 Å². The van der Waals surface area contributed by atoms with Gasteiger partial charge >= 0.3 is 0 Å². The van der Waals surface area contributed by atoms with E-state index < -0.39 is 6.04 Å². The third-order valence-electron chi connectivity index (χ3n) is 2.14. The summed E-state index contributed by atoms with van der Waals surface area (Å²) in [6.07, 6.45) is 5.26. The molecule has 0 spiro atoms. The zero-order valence-corrected chi connectivity index (χ0v) is 9.03. The smallest absolute Gasteiger partial charge is 0.242 e. The number of nitrogens with one attached hydrogen (secondary N) is 1. The van der Waals surface area contributed by atoms with Crippen LogP contribution in [-0.2, 0) is 4.79 Å². The van der Waals surface area contributed by atoms with Gasteiger partial charge in [-0.1, -0.05) is 0 Å². The van der Waals surface area contributed by atoms with Crippen LogP contribution < -0.4 is 11.1 Å². The van der Waals surface area contributed by atoms with Crippen LogP contribution in [0.2, 0.25) is 0 Å². The molecule has 0 heterocycles. The molecule has 84 valence electrons. The van der Waals surface area contributed by atoms with E-state index in [-0.39, 0.29) is 18.1 Å². The van der Waals surface area contributed by atoms with Gasteiger partial charge in [0, 0.05) is 12.1 Å². The maximum absolute atomic E-state index is 11.5. The predicted octanol–water partition coefficient (Wildman–Crippen LogP) is 0.990. The molecule has 1 rings (SSSR count). The number of rotatable bonds is 3. The molecule has 0 aliphatic carbocycles. The van der Waals surface area contributed by atoms with Crippen LogP contribution in [0, 0.1) is 19.3 Å². The number of benzene rings is 1. The van der Waals surface area contributed by atoms with Crippen LogP contribution in [0.5, 0.6) is 5.75 Å². The van der Waals surface area contributed by atoms with E-state index in [1.54, 1.807) is 19.1 Å². The van der Waals surface area contributed by atoms with Crippen molar-refractivity contribution in [3.8, 4) is 18.1 Å². The zero-order chi connectivity index (χ0) is 12.1. The summed E-state index contributed by atoms with van der Waals surface area (Å²) in [5.74, 6) is 2.16. The maximum Gasteiger partial charge on any atom is 0.242 e. The number of hydrogen-bond acceptors (Lipinski definition) is 3. The lowest BCUT2D eigenvalue weighted by Crippen LogP contribution is -2.35. The number of amides is 1. The summed E-state index contributed by atoms with van der Waals surface area (Å²) >= 11 is 0. The normalized spacial score (nSPS) is 11.6. The van der Waals surface area contributed by atoms with E-state index in [1.165, 1.54) is 6.07 Å². The lowest BCUT2D eigenvalue weighted by Gasteiger charge is -2.11. The molecule has 0 aliphatic heterocycles. The Bertz CT molecular complexity index is 435. The molecule has 0 saturated carbocycles. The van der Waals surface area contributed by atoms with Gasteiger partial charge < -0.3 is 16.2 Å². The van der Waals surface area contributed by atoms with Crippen molar-refractivity contribution >= 4 is 11.6 Å². The Morgan fingerprint density at radius 2 is 2.38 bits per heavy atom. The molecule has 4 nitrogen and oxygen atoms in total. The Kier molecular flexibility index (Phi) is 3.92. The van der Waals surface area contributed by atoms with Gasteiger partial charge in [-0.15, -0.1) is 12.3 Å². The molecule has 0 aliphatic rings. The molecular formula is C12H14N2O2. The molecule has 4 heteroatoms. The molecule has 1 amide bonds. The minimum Gasteiger partial charge on any atom is -0.508 e. The highest BCUT2D eigenvalue weighted by atomic mass is 16.3. The van der Waals surface area contributed by atoms with E-state index in [9.17, 15) is 9.90 Å². The highest BCUT2D eigenvalue weighted by Crippen LogP contribution is 2.20. The Labute approximate surface area is 94.5 Å². The number of aromatic hydroxyl groups is 1. The van der Waals surface area contributed by atoms with Crippen molar-refractivity contribution in [1.82, 2.24) is 0 Å². The number of carbonyl (C=O) groups is 1. The van der Waals surface area contributed by atoms with Gasteiger partial charge in [0.15, 0.2) is 0 Å². The molecule has 0 fully saturated rings. The van der Waals surface area contributed by atoms with Gasteiger partial charge in [-0.05, 0) is 30.7 Å². The van der Waals surface area contributed by atoms with Gasteiger partial charge in [0.1, 0.15) is 5.75 Å². The Balaban J connectivity index is 2.74. The second-order valence-corrected chi connectivity index (χ2v) is 3.50. The molecule has 0 bridgehead atoms. The minimum absolute atomic E-state index is 0.156. The fourth-order valence-electron chi connectivity index (χ4n) is 1.23. The molecule has 16 heavy (non-hydrogen) atoms. The number of anilines is 1.